The minimum absolute atomic E-state index is 0.110. The number of hydrogen-bond acceptors (Lipinski definition) is 2. The molecule has 3 heteroatoms. The molecule has 0 amide bonds. The summed E-state index contributed by atoms with van der Waals surface area (Å²) in [7, 11) is 1.88. The third-order valence-corrected chi connectivity index (χ3v) is 3.02. The number of aliphatic carboxylic acids is 1. The highest BCUT2D eigenvalue weighted by molar-refractivity contribution is 5.69. The highest BCUT2D eigenvalue weighted by Crippen LogP contribution is 2.34. The predicted molar refractivity (Wildman–Crippen MR) is 57.8 cm³/mol. The van der Waals surface area contributed by atoms with Gasteiger partial charge in [-0.1, -0.05) is 24.3 Å². The summed E-state index contributed by atoms with van der Waals surface area (Å²) in [4.78, 5) is 12.5. The maximum atomic E-state index is 10.6. The van der Waals surface area contributed by atoms with Crippen molar-refractivity contribution in [3.05, 3.63) is 35.4 Å². The molecule has 0 fully saturated rings. The van der Waals surface area contributed by atoms with Gasteiger partial charge in [0.15, 0.2) is 0 Å². The maximum Gasteiger partial charge on any atom is 0.317 e. The summed E-state index contributed by atoms with van der Waals surface area (Å²) >= 11 is 0. The first-order valence-corrected chi connectivity index (χ1v) is 5.18. The van der Waals surface area contributed by atoms with Gasteiger partial charge in [-0.2, -0.15) is 0 Å². The van der Waals surface area contributed by atoms with Crippen molar-refractivity contribution < 1.29 is 9.90 Å². The lowest BCUT2D eigenvalue weighted by atomic mass is 10.1. The summed E-state index contributed by atoms with van der Waals surface area (Å²) in [5.41, 5.74) is 2.65. The molecule has 1 aliphatic carbocycles. The third-order valence-electron chi connectivity index (χ3n) is 3.02. The number of aryl methyl sites for hydroxylation is 1. The Kier molecular flexibility index (Phi) is 2.73. The lowest BCUT2D eigenvalue weighted by Crippen LogP contribution is -2.28. The van der Waals surface area contributed by atoms with Gasteiger partial charge in [0.1, 0.15) is 0 Å². The van der Waals surface area contributed by atoms with Crippen LogP contribution in [0.4, 0.5) is 0 Å². The van der Waals surface area contributed by atoms with Crippen LogP contribution >= 0.6 is 0 Å². The number of carbonyl (C=O) groups is 1. The zero-order valence-electron chi connectivity index (χ0n) is 8.81. The number of likely N-dealkylation sites (N-methyl/N-ethyl adjacent to an activating group) is 1. The van der Waals surface area contributed by atoms with Crippen molar-refractivity contribution in [2.24, 2.45) is 0 Å². The molecule has 0 aromatic heterocycles. The molecule has 1 unspecified atom stereocenters. The van der Waals surface area contributed by atoms with Crippen molar-refractivity contribution in [2.45, 2.75) is 18.9 Å². The van der Waals surface area contributed by atoms with E-state index >= 15 is 0 Å². The van der Waals surface area contributed by atoms with Crippen LogP contribution in [0.2, 0.25) is 0 Å². The highest BCUT2D eigenvalue weighted by Gasteiger charge is 2.26. The van der Waals surface area contributed by atoms with Gasteiger partial charge in [-0.15, -0.1) is 0 Å². The van der Waals surface area contributed by atoms with E-state index in [1.807, 2.05) is 24.1 Å². The zero-order chi connectivity index (χ0) is 10.8. The fraction of sp³-hybridized carbons (Fsp3) is 0.417. The van der Waals surface area contributed by atoms with E-state index in [1.54, 1.807) is 0 Å². The Morgan fingerprint density at radius 3 is 3.00 bits per heavy atom. The number of nitrogens with zero attached hydrogens (tertiary/aromatic N) is 1. The molecule has 15 heavy (non-hydrogen) atoms. The number of benzene rings is 1. The first-order chi connectivity index (χ1) is 7.18. The van der Waals surface area contributed by atoms with E-state index in [9.17, 15) is 4.79 Å². The largest absolute Gasteiger partial charge is 0.480 e. The third kappa shape index (κ3) is 2.02. The first kappa shape index (κ1) is 10.2. The lowest BCUT2D eigenvalue weighted by Gasteiger charge is -2.23. The lowest BCUT2D eigenvalue weighted by molar-refractivity contribution is -0.138. The predicted octanol–water partition coefficient (Wildman–Crippen LogP) is 1.69. The van der Waals surface area contributed by atoms with Crippen LogP contribution in [0, 0.1) is 0 Å². The molecule has 1 N–H and O–H groups in total. The molecule has 0 saturated carbocycles. The van der Waals surface area contributed by atoms with Gasteiger partial charge in [0.25, 0.3) is 0 Å². The van der Waals surface area contributed by atoms with Gasteiger partial charge in [-0.3, -0.25) is 9.69 Å². The highest BCUT2D eigenvalue weighted by atomic mass is 16.4. The average molecular weight is 205 g/mol. The summed E-state index contributed by atoms with van der Waals surface area (Å²) in [6.45, 7) is 0.110. The van der Waals surface area contributed by atoms with E-state index < -0.39 is 5.97 Å². The van der Waals surface area contributed by atoms with Crippen LogP contribution in [0.15, 0.2) is 24.3 Å². The quantitative estimate of drug-likeness (QED) is 0.816. The van der Waals surface area contributed by atoms with Gasteiger partial charge in [0, 0.05) is 6.04 Å². The molecular weight excluding hydrogens is 190 g/mol. The Hall–Kier alpha value is -1.35. The van der Waals surface area contributed by atoms with Crippen LogP contribution < -0.4 is 0 Å². The van der Waals surface area contributed by atoms with E-state index in [2.05, 4.69) is 12.1 Å². The molecule has 0 aliphatic heterocycles. The standard InChI is InChI=1S/C12H15NO2/c1-13(8-12(14)15)11-7-6-9-4-2-3-5-10(9)11/h2-5,11H,6-8H2,1H3,(H,14,15). The van der Waals surface area contributed by atoms with Crippen LogP contribution in [-0.2, 0) is 11.2 Å². The second-order valence-corrected chi connectivity index (χ2v) is 4.06. The summed E-state index contributed by atoms with van der Waals surface area (Å²) in [5.74, 6) is -0.762. The van der Waals surface area contributed by atoms with Crippen molar-refractivity contribution in [3.63, 3.8) is 0 Å². The normalized spacial score (nSPS) is 19.2. The van der Waals surface area contributed by atoms with Gasteiger partial charge in [0.05, 0.1) is 6.54 Å². The second-order valence-electron chi connectivity index (χ2n) is 4.06. The van der Waals surface area contributed by atoms with E-state index in [4.69, 9.17) is 5.11 Å². The maximum absolute atomic E-state index is 10.6. The van der Waals surface area contributed by atoms with Crippen molar-refractivity contribution in [1.29, 1.82) is 0 Å². The summed E-state index contributed by atoms with van der Waals surface area (Å²) < 4.78 is 0. The Labute approximate surface area is 89.3 Å². The Morgan fingerprint density at radius 1 is 1.53 bits per heavy atom. The van der Waals surface area contributed by atoms with Crippen LogP contribution in [0.3, 0.4) is 0 Å². The van der Waals surface area contributed by atoms with E-state index in [0.717, 1.165) is 12.8 Å². The van der Waals surface area contributed by atoms with Gasteiger partial charge < -0.3 is 5.11 Å². The Morgan fingerprint density at radius 2 is 2.27 bits per heavy atom. The summed E-state index contributed by atoms with van der Waals surface area (Å²) in [5, 5.41) is 8.75. The van der Waals surface area contributed by atoms with Crippen LogP contribution in [0.5, 0.6) is 0 Å². The SMILES string of the molecule is CN(CC(=O)O)C1CCc2ccccc21. The van der Waals surface area contributed by atoms with E-state index in [0.29, 0.717) is 0 Å². The van der Waals surface area contributed by atoms with Crippen LogP contribution in [0.25, 0.3) is 0 Å². The van der Waals surface area contributed by atoms with Gasteiger partial charge in [0.2, 0.25) is 0 Å². The fourth-order valence-corrected chi connectivity index (χ4v) is 2.32. The molecule has 1 atom stereocenters. The Bertz CT molecular complexity index is 376. The smallest absolute Gasteiger partial charge is 0.317 e. The molecule has 0 bridgehead atoms. The van der Waals surface area contributed by atoms with Gasteiger partial charge in [-0.25, -0.2) is 0 Å². The number of carboxylic acid groups (broad SMARTS) is 1. The number of rotatable bonds is 3. The second kappa shape index (κ2) is 4.03. The van der Waals surface area contributed by atoms with Crippen molar-refractivity contribution >= 4 is 5.97 Å². The van der Waals surface area contributed by atoms with Crippen molar-refractivity contribution in [1.82, 2.24) is 4.90 Å². The molecule has 1 aliphatic rings. The molecule has 0 heterocycles. The van der Waals surface area contributed by atoms with Crippen molar-refractivity contribution in [2.75, 3.05) is 13.6 Å². The topological polar surface area (TPSA) is 40.5 Å². The minimum Gasteiger partial charge on any atom is -0.480 e. The van der Waals surface area contributed by atoms with Crippen LogP contribution in [-0.4, -0.2) is 29.6 Å². The molecule has 3 nitrogen and oxygen atoms in total. The molecule has 1 aromatic carbocycles. The monoisotopic (exact) mass is 205 g/mol. The Balaban J connectivity index is 2.16. The first-order valence-electron chi connectivity index (χ1n) is 5.18. The van der Waals surface area contributed by atoms with Crippen LogP contribution in [0.1, 0.15) is 23.6 Å². The molecular formula is C12H15NO2. The average Bonchev–Trinajstić information content (AvgIpc) is 2.59. The van der Waals surface area contributed by atoms with E-state index in [-0.39, 0.29) is 12.6 Å². The molecule has 80 valence electrons. The minimum atomic E-state index is -0.762. The number of fused-ring (bicyclic) bond motifs is 1. The molecule has 0 saturated heterocycles. The zero-order valence-corrected chi connectivity index (χ0v) is 8.81. The van der Waals surface area contributed by atoms with Crippen molar-refractivity contribution in [3.8, 4) is 0 Å². The summed E-state index contributed by atoms with van der Waals surface area (Å²) in [6.07, 6.45) is 2.09. The van der Waals surface area contributed by atoms with E-state index in [1.165, 1.54) is 11.1 Å². The number of hydrogen-bond donors (Lipinski definition) is 1. The van der Waals surface area contributed by atoms with Gasteiger partial charge >= 0.3 is 5.97 Å². The molecule has 2 rings (SSSR count). The molecule has 0 radical (unpaired) electrons. The number of carboxylic acids is 1. The summed E-state index contributed by atoms with van der Waals surface area (Å²) in [6, 6.07) is 8.57. The fourth-order valence-electron chi connectivity index (χ4n) is 2.32. The van der Waals surface area contributed by atoms with Gasteiger partial charge in [-0.05, 0) is 31.0 Å². The molecule has 0 spiro atoms. The molecule has 1 aromatic rings.